The average Bonchev–Trinajstić information content (AvgIpc) is 2.53. The number of rotatable bonds is 5. The van der Waals surface area contributed by atoms with Gasteiger partial charge in [0.15, 0.2) is 0 Å². The van der Waals surface area contributed by atoms with Crippen molar-refractivity contribution >= 4 is 10.0 Å². The number of hydrogen-bond donors (Lipinski definition) is 3. The summed E-state index contributed by atoms with van der Waals surface area (Å²) in [6.45, 7) is -0.350. The highest BCUT2D eigenvalue weighted by Crippen LogP contribution is 2.18. The molecule has 114 valence electrons. The highest BCUT2D eigenvalue weighted by atomic mass is 32.2. The van der Waals surface area contributed by atoms with Crippen LogP contribution in [0, 0.1) is 11.3 Å². The molecule has 0 spiro atoms. The van der Waals surface area contributed by atoms with Crippen LogP contribution in [-0.4, -0.2) is 31.7 Å². The lowest BCUT2D eigenvalue weighted by atomic mass is 10.1. The lowest BCUT2D eigenvalue weighted by Crippen LogP contribution is -2.26. The van der Waals surface area contributed by atoms with Gasteiger partial charge in [-0.3, -0.25) is 4.79 Å². The highest BCUT2D eigenvalue weighted by Gasteiger charge is 2.13. The summed E-state index contributed by atoms with van der Waals surface area (Å²) in [5, 5.41) is 17.4. The second-order valence-electron chi connectivity index (χ2n) is 4.37. The topological polar surface area (TPSA) is 123 Å². The molecule has 0 fully saturated rings. The molecule has 0 radical (unpaired) electrons. The number of benzene rings is 1. The Balaban J connectivity index is 2.32. The van der Waals surface area contributed by atoms with E-state index in [0.29, 0.717) is 11.3 Å². The molecule has 1 aromatic heterocycles. The summed E-state index contributed by atoms with van der Waals surface area (Å²) in [5.41, 5.74) is 0.608. The summed E-state index contributed by atoms with van der Waals surface area (Å²) in [6.07, 6.45) is 0. The van der Waals surface area contributed by atoms with E-state index in [9.17, 15) is 13.2 Å². The van der Waals surface area contributed by atoms with Crippen molar-refractivity contribution in [1.82, 2.24) is 9.71 Å². The van der Waals surface area contributed by atoms with E-state index in [0.717, 1.165) is 0 Å². The Kier molecular flexibility index (Phi) is 4.72. The molecule has 1 heterocycles. The van der Waals surface area contributed by atoms with Crippen LogP contribution >= 0.6 is 0 Å². The lowest BCUT2D eigenvalue weighted by Gasteiger charge is -2.07. The zero-order valence-electron chi connectivity index (χ0n) is 11.4. The van der Waals surface area contributed by atoms with Crippen molar-refractivity contribution in [3.8, 4) is 17.3 Å². The third-order valence-corrected chi connectivity index (χ3v) is 4.39. The van der Waals surface area contributed by atoms with Crippen LogP contribution in [0.1, 0.15) is 5.56 Å². The molecule has 0 bridgehead atoms. The van der Waals surface area contributed by atoms with Gasteiger partial charge >= 0.3 is 0 Å². The molecule has 3 N–H and O–H groups in total. The molecule has 0 saturated carbocycles. The number of nitrogens with one attached hydrogen (secondary N) is 2. The van der Waals surface area contributed by atoms with Crippen LogP contribution in [-0.2, 0) is 10.0 Å². The molecule has 0 atom stereocenters. The third kappa shape index (κ3) is 3.40. The number of aromatic nitrogens is 1. The largest absolute Gasteiger partial charge is 0.395 e. The van der Waals surface area contributed by atoms with Crippen LogP contribution < -0.4 is 10.3 Å². The van der Waals surface area contributed by atoms with Crippen LogP contribution in [0.15, 0.2) is 46.1 Å². The maximum absolute atomic E-state index is 11.9. The number of nitrogens with zero attached hydrogens (tertiary/aromatic N) is 1. The van der Waals surface area contributed by atoms with Crippen molar-refractivity contribution < 1.29 is 13.5 Å². The maximum atomic E-state index is 11.9. The minimum atomic E-state index is -3.67. The number of pyridine rings is 1. The Hall–Kier alpha value is -2.47. The molecule has 0 aliphatic rings. The molecule has 0 aliphatic heterocycles. The summed E-state index contributed by atoms with van der Waals surface area (Å²) >= 11 is 0. The lowest BCUT2D eigenvalue weighted by molar-refractivity contribution is 0.301. The Morgan fingerprint density at radius 3 is 2.41 bits per heavy atom. The van der Waals surface area contributed by atoms with Gasteiger partial charge in [-0.15, -0.1) is 0 Å². The van der Waals surface area contributed by atoms with E-state index >= 15 is 0 Å². The Labute approximate surface area is 126 Å². The van der Waals surface area contributed by atoms with Crippen molar-refractivity contribution in [3.63, 3.8) is 0 Å². The zero-order chi connectivity index (χ0) is 16.2. The fourth-order valence-electron chi connectivity index (χ4n) is 1.81. The number of aliphatic hydroxyl groups excluding tert-OH is 1. The summed E-state index contributed by atoms with van der Waals surface area (Å²) in [7, 11) is -3.67. The van der Waals surface area contributed by atoms with Gasteiger partial charge in [-0.05, 0) is 29.8 Å². The maximum Gasteiger partial charge on any atom is 0.266 e. The molecule has 0 unspecified atom stereocenters. The molecule has 0 amide bonds. The molecule has 0 aliphatic carbocycles. The first-order valence-corrected chi connectivity index (χ1v) is 7.80. The predicted molar refractivity (Wildman–Crippen MR) is 79.5 cm³/mol. The Morgan fingerprint density at radius 1 is 1.18 bits per heavy atom. The Bertz CT molecular complexity index is 864. The molecule has 7 nitrogen and oxygen atoms in total. The summed E-state index contributed by atoms with van der Waals surface area (Å²) in [4.78, 5) is 14.2. The third-order valence-electron chi connectivity index (χ3n) is 2.91. The highest BCUT2D eigenvalue weighted by molar-refractivity contribution is 7.89. The average molecular weight is 319 g/mol. The van der Waals surface area contributed by atoms with Gasteiger partial charge in [0.05, 0.1) is 11.5 Å². The first-order chi connectivity index (χ1) is 10.5. The molecule has 2 rings (SSSR count). The molecule has 2 aromatic rings. The predicted octanol–water partition coefficient (Wildman–Crippen LogP) is 0.184. The monoisotopic (exact) mass is 319 g/mol. The SMILES string of the molecule is N#Cc1ccc(-c2ccc(S(=O)(=O)NCCO)cc2)[nH]c1=O. The molecule has 8 heteroatoms. The summed E-state index contributed by atoms with van der Waals surface area (Å²) in [6, 6.07) is 10.6. The van der Waals surface area contributed by atoms with Crippen LogP contribution in [0.5, 0.6) is 0 Å². The quantitative estimate of drug-likeness (QED) is 0.725. The minimum absolute atomic E-state index is 0.0103. The van der Waals surface area contributed by atoms with E-state index in [2.05, 4.69) is 9.71 Å². The first-order valence-electron chi connectivity index (χ1n) is 6.32. The molecule has 0 saturated heterocycles. The normalized spacial score (nSPS) is 11.1. The smallest absolute Gasteiger partial charge is 0.266 e. The van der Waals surface area contributed by atoms with Crippen molar-refractivity contribution in [2.24, 2.45) is 0 Å². The van der Waals surface area contributed by atoms with E-state index in [1.807, 2.05) is 0 Å². The van der Waals surface area contributed by atoms with Gasteiger partial charge in [0.25, 0.3) is 5.56 Å². The van der Waals surface area contributed by atoms with Crippen molar-refractivity contribution in [2.45, 2.75) is 4.90 Å². The number of aliphatic hydroxyl groups is 1. The molecule has 22 heavy (non-hydrogen) atoms. The number of nitriles is 1. The Morgan fingerprint density at radius 2 is 1.86 bits per heavy atom. The van der Waals surface area contributed by atoms with Gasteiger partial charge in [0.2, 0.25) is 10.0 Å². The molecule has 1 aromatic carbocycles. The molecular weight excluding hydrogens is 306 g/mol. The van der Waals surface area contributed by atoms with Gasteiger partial charge in [-0.25, -0.2) is 13.1 Å². The van der Waals surface area contributed by atoms with Gasteiger partial charge in [-0.2, -0.15) is 5.26 Å². The van der Waals surface area contributed by atoms with Crippen molar-refractivity contribution in [2.75, 3.05) is 13.2 Å². The zero-order valence-corrected chi connectivity index (χ0v) is 12.2. The first kappa shape index (κ1) is 15.9. The van der Waals surface area contributed by atoms with E-state index in [-0.39, 0.29) is 23.6 Å². The van der Waals surface area contributed by atoms with Gasteiger partial charge < -0.3 is 10.1 Å². The number of H-pyrrole nitrogens is 1. The number of hydrogen-bond acceptors (Lipinski definition) is 5. The van der Waals surface area contributed by atoms with Crippen LogP contribution in [0.4, 0.5) is 0 Å². The van der Waals surface area contributed by atoms with Crippen molar-refractivity contribution in [3.05, 3.63) is 52.3 Å². The van der Waals surface area contributed by atoms with E-state index in [4.69, 9.17) is 10.4 Å². The number of aromatic amines is 1. The van der Waals surface area contributed by atoms with Gasteiger partial charge in [0, 0.05) is 12.2 Å². The minimum Gasteiger partial charge on any atom is -0.395 e. The van der Waals surface area contributed by atoms with Crippen LogP contribution in [0.25, 0.3) is 11.3 Å². The van der Waals surface area contributed by atoms with Crippen molar-refractivity contribution in [1.29, 1.82) is 5.26 Å². The molecular formula is C14H13N3O4S. The van der Waals surface area contributed by atoms with Crippen LogP contribution in [0.2, 0.25) is 0 Å². The van der Waals surface area contributed by atoms with Crippen LogP contribution in [0.3, 0.4) is 0 Å². The van der Waals surface area contributed by atoms with E-state index in [1.165, 1.54) is 18.2 Å². The second-order valence-corrected chi connectivity index (χ2v) is 6.14. The fourth-order valence-corrected chi connectivity index (χ4v) is 2.83. The summed E-state index contributed by atoms with van der Waals surface area (Å²) < 4.78 is 26.0. The second kappa shape index (κ2) is 6.53. The standard InChI is InChI=1S/C14H13N3O4S/c15-9-11-3-6-13(17-14(11)19)10-1-4-12(5-2-10)22(20,21)16-7-8-18/h1-6,16,18H,7-8H2,(H,17,19). The van der Waals surface area contributed by atoms with Gasteiger partial charge in [0.1, 0.15) is 11.6 Å². The summed E-state index contributed by atoms with van der Waals surface area (Å²) in [5.74, 6) is 0. The van der Waals surface area contributed by atoms with E-state index < -0.39 is 15.6 Å². The number of sulfonamides is 1. The van der Waals surface area contributed by atoms with Gasteiger partial charge in [-0.1, -0.05) is 12.1 Å². The fraction of sp³-hybridized carbons (Fsp3) is 0.143. The van der Waals surface area contributed by atoms with E-state index in [1.54, 1.807) is 24.3 Å².